The quantitative estimate of drug-likeness (QED) is 0.506. The van der Waals surface area contributed by atoms with Crippen molar-refractivity contribution in [2.24, 2.45) is 0 Å². The van der Waals surface area contributed by atoms with E-state index in [1.807, 2.05) is 11.8 Å². The van der Waals surface area contributed by atoms with Crippen LogP contribution in [0.4, 0.5) is 20.9 Å². The summed E-state index contributed by atoms with van der Waals surface area (Å²) in [6.07, 6.45) is 3.10. The molecule has 0 spiro atoms. The van der Waals surface area contributed by atoms with Crippen molar-refractivity contribution in [3.05, 3.63) is 65.4 Å². The number of amides is 2. The highest BCUT2D eigenvalue weighted by Crippen LogP contribution is 2.30. The van der Waals surface area contributed by atoms with E-state index in [2.05, 4.69) is 9.71 Å². The van der Waals surface area contributed by atoms with Crippen LogP contribution in [0.2, 0.25) is 0 Å². The number of benzene rings is 2. The number of rotatable bonds is 6. The standard InChI is InChI=1S/C25H26FN5O4S2.2H2/c1-17(30-11-2-3-18-15-19(26)4-9-22(18)30)24(33)29-12-13-31(23(32)16-29)20-5-7-21(8-6-20)37(34,35)28-25-27-10-14-36-25;;/h4-10,14-15,17H,2-3,11-13,16H2,1H3,(H,27,28);2*1H/t17-;;/m0../s1. The normalized spacial score (nSPS) is 16.9. The average molecular weight is 548 g/mol. The van der Waals surface area contributed by atoms with Gasteiger partial charge < -0.3 is 14.7 Å². The number of aryl methyl sites for hydroxylation is 1. The second kappa shape index (κ2) is 10.1. The lowest BCUT2D eigenvalue weighted by atomic mass is 9.99. The molecule has 0 aliphatic carbocycles. The zero-order valence-electron chi connectivity index (χ0n) is 20.1. The summed E-state index contributed by atoms with van der Waals surface area (Å²) >= 11 is 1.18. The molecule has 9 nitrogen and oxygen atoms in total. The molecule has 1 fully saturated rings. The molecule has 2 amide bonds. The highest BCUT2D eigenvalue weighted by molar-refractivity contribution is 7.93. The fourth-order valence-electron chi connectivity index (χ4n) is 4.78. The fourth-order valence-corrected chi connectivity index (χ4v) is 6.57. The number of carbonyl (C=O) groups is 2. The van der Waals surface area contributed by atoms with Crippen molar-refractivity contribution in [3.63, 3.8) is 0 Å². The number of aromatic nitrogens is 1. The van der Waals surface area contributed by atoms with Crippen LogP contribution in [0.5, 0.6) is 0 Å². The number of fused-ring (bicyclic) bond motifs is 1. The molecule has 0 saturated carbocycles. The first-order valence-electron chi connectivity index (χ1n) is 11.9. The van der Waals surface area contributed by atoms with Gasteiger partial charge in [-0.3, -0.25) is 14.3 Å². The molecule has 5 rings (SSSR count). The van der Waals surface area contributed by atoms with Gasteiger partial charge in [0, 0.05) is 45.4 Å². The SMILES string of the molecule is C[C@@H](C(=O)N1CCN(c2ccc(S(=O)(=O)Nc3nccs3)cc2)C(=O)C1)N1CCCc2cc(F)ccc21.[HH].[HH]. The van der Waals surface area contributed by atoms with Crippen LogP contribution in [-0.4, -0.2) is 62.3 Å². The molecule has 0 radical (unpaired) electrons. The lowest BCUT2D eigenvalue weighted by Crippen LogP contribution is -2.57. The third-order valence-electron chi connectivity index (χ3n) is 6.67. The van der Waals surface area contributed by atoms with E-state index in [9.17, 15) is 22.4 Å². The minimum atomic E-state index is -3.79. The number of hydrogen-bond acceptors (Lipinski definition) is 7. The largest absolute Gasteiger partial charge is 0.360 e. The molecule has 0 unspecified atom stereocenters. The number of carbonyl (C=O) groups excluding carboxylic acids is 2. The first-order chi connectivity index (χ1) is 17.7. The first-order valence-corrected chi connectivity index (χ1v) is 14.3. The maximum atomic E-state index is 13.7. The molecule has 1 saturated heterocycles. The van der Waals surface area contributed by atoms with Gasteiger partial charge >= 0.3 is 0 Å². The Kier molecular flexibility index (Phi) is 6.86. The number of nitrogens with one attached hydrogen (secondary N) is 1. The minimum absolute atomic E-state index is 0. The Morgan fingerprint density at radius 1 is 1.16 bits per heavy atom. The molecule has 0 bridgehead atoms. The van der Waals surface area contributed by atoms with Crippen LogP contribution in [0.15, 0.2) is 58.9 Å². The van der Waals surface area contributed by atoms with Crippen molar-refractivity contribution in [3.8, 4) is 0 Å². The van der Waals surface area contributed by atoms with E-state index in [1.54, 1.807) is 33.4 Å². The van der Waals surface area contributed by atoms with Crippen LogP contribution in [0.3, 0.4) is 0 Å². The number of thiazole rings is 1. The van der Waals surface area contributed by atoms with Gasteiger partial charge in [-0.25, -0.2) is 17.8 Å². The monoisotopic (exact) mass is 547 g/mol. The Bertz CT molecular complexity index is 1420. The summed E-state index contributed by atoms with van der Waals surface area (Å²) in [4.78, 5) is 35.4. The van der Waals surface area contributed by atoms with Crippen LogP contribution in [0.1, 0.15) is 21.8 Å². The Labute approximate surface area is 221 Å². The van der Waals surface area contributed by atoms with Gasteiger partial charge in [0.05, 0.1) is 4.90 Å². The second-order valence-corrected chi connectivity index (χ2v) is 11.6. The van der Waals surface area contributed by atoms with Gasteiger partial charge in [-0.1, -0.05) is 0 Å². The predicted octanol–water partition coefficient (Wildman–Crippen LogP) is 3.59. The lowest BCUT2D eigenvalue weighted by Gasteiger charge is -2.40. The lowest BCUT2D eigenvalue weighted by molar-refractivity contribution is -0.137. The number of piperazine rings is 1. The van der Waals surface area contributed by atoms with Gasteiger partial charge in [-0.15, -0.1) is 11.3 Å². The number of nitrogens with zero attached hydrogens (tertiary/aromatic N) is 4. The Morgan fingerprint density at radius 2 is 1.95 bits per heavy atom. The van der Waals surface area contributed by atoms with Gasteiger partial charge in [0.25, 0.3) is 10.0 Å². The van der Waals surface area contributed by atoms with Crippen molar-refractivity contribution < 1.29 is 25.3 Å². The summed E-state index contributed by atoms with van der Waals surface area (Å²) in [6, 6.07) is 10.2. The van der Waals surface area contributed by atoms with E-state index in [0.717, 1.165) is 24.1 Å². The molecular formula is C25H30FN5O4S2. The van der Waals surface area contributed by atoms with E-state index in [4.69, 9.17) is 0 Å². The van der Waals surface area contributed by atoms with Crippen LogP contribution in [-0.2, 0) is 26.0 Å². The van der Waals surface area contributed by atoms with E-state index in [-0.39, 0.29) is 37.1 Å². The number of halogens is 1. The first kappa shape index (κ1) is 25.2. The number of hydrogen-bond donors (Lipinski definition) is 1. The minimum Gasteiger partial charge on any atom is -0.360 e. The van der Waals surface area contributed by atoms with E-state index >= 15 is 0 Å². The topological polar surface area (TPSA) is 103 Å². The van der Waals surface area contributed by atoms with Crippen LogP contribution < -0.4 is 14.5 Å². The Morgan fingerprint density at radius 3 is 2.65 bits per heavy atom. The second-order valence-electron chi connectivity index (χ2n) is 8.99. The van der Waals surface area contributed by atoms with Crippen LogP contribution in [0.25, 0.3) is 0 Å². The van der Waals surface area contributed by atoms with Gasteiger partial charge in [0.2, 0.25) is 11.8 Å². The summed E-state index contributed by atoms with van der Waals surface area (Å²) in [5.74, 6) is -0.688. The molecule has 1 aromatic heterocycles. The molecule has 198 valence electrons. The molecule has 12 heteroatoms. The van der Waals surface area contributed by atoms with Crippen molar-refractivity contribution in [2.45, 2.75) is 30.7 Å². The number of anilines is 3. The van der Waals surface area contributed by atoms with Crippen molar-refractivity contribution in [1.82, 2.24) is 9.88 Å². The van der Waals surface area contributed by atoms with Crippen LogP contribution in [0, 0.1) is 5.82 Å². The molecule has 1 atom stereocenters. The third kappa shape index (κ3) is 5.16. The van der Waals surface area contributed by atoms with Crippen LogP contribution >= 0.6 is 11.3 Å². The summed E-state index contributed by atoms with van der Waals surface area (Å²) in [5, 5.41) is 1.94. The highest BCUT2D eigenvalue weighted by atomic mass is 32.2. The zero-order valence-corrected chi connectivity index (χ0v) is 21.8. The van der Waals surface area contributed by atoms with Gasteiger partial charge in [0.1, 0.15) is 18.4 Å². The zero-order chi connectivity index (χ0) is 26.2. The van der Waals surface area contributed by atoms with Gasteiger partial charge in [-0.2, -0.15) is 0 Å². The smallest absolute Gasteiger partial charge is 0.263 e. The Balaban J connectivity index is 0.00000210. The maximum absolute atomic E-state index is 13.7. The predicted molar refractivity (Wildman–Crippen MR) is 144 cm³/mol. The molecule has 37 heavy (non-hydrogen) atoms. The molecule has 2 aromatic carbocycles. The summed E-state index contributed by atoms with van der Waals surface area (Å²) in [5.41, 5.74) is 2.31. The summed E-state index contributed by atoms with van der Waals surface area (Å²) < 4.78 is 41.2. The Hall–Kier alpha value is -3.51. The fraction of sp³-hybridized carbons (Fsp3) is 0.320. The number of sulfonamides is 1. The highest BCUT2D eigenvalue weighted by Gasteiger charge is 2.34. The molecule has 3 heterocycles. The molecule has 3 aromatic rings. The maximum Gasteiger partial charge on any atom is 0.263 e. The van der Waals surface area contributed by atoms with E-state index in [0.29, 0.717) is 25.3 Å². The van der Waals surface area contributed by atoms with Crippen molar-refractivity contribution in [2.75, 3.05) is 40.7 Å². The molecular weight excluding hydrogens is 517 g/mol. The van der Waals surface area contributed by atoms with Gasteiger partial charge in [0.15, 0.2) is 5.13 Å². The van der Waals surface area contributed by atoms with Crippen molar-refractivity contribution in [1.29, 1.82) is 0 Å². The molecule has 2 aliphatic rings. The molecule has 2 aliphatic heterocycles. The summed E-state index contributed by atoms with van der Waals surface area (Å²) in [6.45, 7) is 3.08. The summed E-state index contributed by atoms with van der Waals surface area (Å²) in [7, 11) is -3.79. The van der Waals surface area contributed by atoms with E-state index < -0.39 is 16.1 Å². The van der Waals surface area contributed by atoms with Crippen molar-refractivity contribution >= 4 is 49.7 Å². The molecule has 1 N–H and O–H groups in total. The van der Waals surface area contributed by atoms with Gasteiger partial charge in [-0.05, 0) is 67.8 Å². The van der Waals surface area contributed by atoms with E-state index in [1.165, 1.54) is 41.8 Å². The average Bonchev–Trinajstić information content (AvgIpc) is 3.39. The third-order valence-corrected chi connectivity index (χ3v) is 8.84.